The van der Waals surface area contributed by atoms with Crippen LogP contribution in [0.1, 0.15) is 22.3 Å². The first kappa shape index (κ1) is 24.3. The summed E-state index contributed by atoms with van der Waals surface area (Å²) in [6.45, 7) is 1.18. The van der Waals surface area contributed by atoms with Crippen LogP contribution in [0.15, 0.2) is 53.7 Å². The van der Waals surface area contributed by atoms with Crippen LogP contribution in [0.25, 0.3) is 0 Å². The van der Waals surface area contributed by atoms with Gasteiger partial charge in [0.2, 0.25) is 10.0 Å². The minimum Gasteiger partial charge on any atom is -0.352 e. The first-order valence-corrected chi connectivity index (χ1v) is 9.94. The predicted molar refractivity (Wildman–Crippen MR) is 113 cm³/mol. The van der Waals surface area contributed by atoms with E-state index in [0.29, 0.717) is 38.0 Å². The van der Waals surface area contributed by atoms with Crippen LogP contribution in [-0.2, 0) is 16.4 Å². The van der Waals surface area contributed by atoms with Crippen LogP contribution in [0.4, 0.5) is 0 Å². The summed E-state index contributed by atoms with van der Waals surface area (Å²) < 4.78 is 26.7. The lowest BCUT2D eigenvalue weighted by Gasteiger charge is -2.16. The molecule has 1 aromatic heterocycles. The number of nitrogens with one attached hydrogen (secondary N) is 1. The number of benzene rings is 1. The minimum atomic E-state index is -3.62. The van der Waals surface area contributed by atoms with E-state index in [1.54, 1.807) is 24.5 Å². The zero-order valence-electron chi connectivity index (χ0n) is 15.2. The molecule has 2 aromatic rings. The molecule has 0 saturated carbocycles. The third-order valence-electron chi connectivity index (χ3n) is 4.37. The van der Waals surface area contributed by atoms with E-state index in [1.165, 1.54) is 16.4 Å². The molecule has 7 nitrogen and oxygen atoms in total. The highest BCUT2D eigenvalue weighted by atomic mass is 35.5. The van der Waals surface area contributed by atoms with Crippen LogP contribution in [0.5, 0.6) is 0 Å². The second kappa shape index (κ2) is 10.7. The molecule has 10 heteroatoms. The molecule has 0 radical (unpaired) electrons. The Hall–Kier alpha value is -1.71. The van der Waals surface area contributed by atoms with Gasteiger partial charge in [0.05, 0.1) is 4.90 Å². The molecule has 1 aliphatic rings. The summed E-state index contributed by atoms with van der Waals surface area (Å²) in [7, 11) is -3.62. The fourth-order valence-corrected chi connectivity index (χ4v) is 4.45. The third-order valence-corrected chi connectivity index (χ3v) is 6.23. The maximum absolute atomic E-state index is 12.7. The maximum atomic E-state index is 12.7. The van der Waals surface area contributed by atoms with E-state index in [-0.39, 0.29) is 41.7 Å². The van der Waals surface area contributed by atoms with Gasteiger partial charge in [0, 0.05) is 43.6 Å². The Balaban J connectivity index is 0.00000196. The van der Waals surface area contributed by atoms with Crippen molar-refractivity contribution in [3.63, 3.8) is 0 Å². The van der Waals surface area contributed by atoms with Crippen LogP contribution in [0.3, 0.4) is 0 Å². The van der Waals surface area contributed by atoms with E-state index < -0.39 is 10.0 Å². The molecule has 1 unspecified atom stereocenters. The molecular formula is C18H24Cl2N4O3S. The highest BCUT2D eigenvalue weighted by Gasteiger charge is 2.31. The van der Waals surface area contributed by atoms with Crippen molar-refractivity contribution in [1.82, 2.24) is 14.6 Å². The average molecular weight is 447 g/mol. The van der Waals surface area contributed by atoms with Crippen LogP contribution in [0, 0.1) is 0 Å². The Morgan fingerprint density at radius 2 is 1.93 bits per heavy atom. The summed E-state index contributed by atoms with van der Waals surface area (Å²) in [5.41, 5.74) is 7.20. The largest absolute Gasteiger partial charge is 0.352 e. The van der Waals surface area contributed by atoms with E-state index in [0.717, 1.165) is 5.56 Å². The fraction of sp³-hybridized carbons (Fsp3) is 0.333. The van der Waals surface area contributed by atoms with Crippen molar-refractivity contribution in [2.45, 2.75) is 23.8 Å². The number of nitrogens with zero attached hydrogens (tertiary/aromatic N) is 2. The number of hydrogen-bond donors (Lipinski definition) is 2. The summed E-state index contributed by atoms with van der Waals surface area (Å²) >= 11 is 0. The molecule has 0 bridgehead atoms. The SMILES string of the molecule is Cl.Cl.NC1CCN(S(=O)(=O)c2cccc(C(=O)NCCc3ccncc3)c2)C1. The van der Waals surface area contributed by atoms with Crippen molar-refractivity contribution in [3.8, 4) is 0 Å². The predicted octanol–water partition coefficient (Wildman–Crippen LogP) is 1.62. The molecule has 1 saturated heterocycles. The van der Waals surface area contributed by atoms with Gasteiger partial charge in [-0.05, 0) is 48.7 Å². The summed E-state index contributed by atoms with van der Waals surface area (Å²) in [4.78, 5) is 16.4. The van der Waals surface area contributed by atoms with Crippen LogP contribution in [0.2, 0.25) is 0 Å². The number of rotatable bonds is 6. The number of nitrogens with two attached hydrogens (primary N) is 1. The van der Waals surface area contributed by atoms with Gasteiger partial charge in [-0.1, -0.05) is 6.07 Å². The highest BCUT2D eigenvalue weighted by molar-refractivity contribution is 7.89. The number of pyridine rings is 1. The number of carbonyl (C=O) groups excluding carboxylic acids is 1. The van der Waals surface area contributed by atoms with Crippen molar-refractivity contribution in [2.24, 2.45) is 5.73 Å². The van der Waals surface area contributed by atoms with Crippen molar-refractivity contribution in [2.75, 3.05) is 19.6 Å². The summed E-state index contributed by atoms with van der Waals surface area (Å²) in [5.74, 6) is -0.297. The van der Waals surface area contributed by atoms with Gasteiger partial charge in [-0.3, -0.25) is 9.78 Å². The summed E-state index contributed by atoms with van der Waals surface area (Å²) in [6, 6.07) is 9.76. The van der Waals surface area contributed by atoms with E-state index in [4.69, 9.17) is 5.73 Å². The zero-order chi connectivity index (χ0) is 18.6. The Morgan fingerprint density at radius 3 is 2.57 bits per heavy atom. The van der Waals surface area contributed by atoms with E-state index in [2.05, 4.69) is 10.3 Å². The average Bonchev–Trinajstić information content (AvgIpc) is 3.10. The lowest BCUT2D eigenvalue weighted by Crippen LogP contribution is -2.32. The van der Waals surface area contributed by atoms with Gasteiger partial charge in [-0.25, -0.2) is 8.42 Å². The number of carbonyl (C=O) groups is 1. The first-order valence-electron chi connectivity index (χ1n) is 8.50. The molecule has 3 rings (SSSR count). The second-order valence-corrected chi connectivity index (χ2v) is 8.24. The van der Waals surface area contributed by atoms with Gasteiger partial charge >= 0.3 is 0 Å². The number of halogens is 2. The van der Waals surface area contributed by atoms with Crippen molar-refractivity contribution >= 4 is 40.7 Å². The van der Waals surface area contributed by atoms with Crippen LogP contribution in [-0.4, -0.2) is 49.3 Å². The molecular weight excluding hydrogens is 423 g/mol. The van der Waals surface area contributed by atoms with Crippen molar-refractivity contribution < 1.29 is 13.2 Å². The quantitative estimate of drug-likeness (QED) is 0.700. The van der Waals surface area contributed by atoms with Crippen LogP contribution >= 0.6 is 24.8 Å². The van der Waals surface area contributed by atoms with E-state index >= 15 is 0 Å². The second-order valence-electron chi connectivity index (χ2n) is 6.30. The summed E-state index contributed by atoms with van der Waals surface area (Å²) in [5, 5.41) is 2.81. The molecule has 2 heterocycles. The third kappa shape index (κ3) is 5.89. The van der Waals surface area contributed by atoms with Crippen molar-refractivity contribution in [1.29, 1.82) is 0 Å². The number of hydrogen-bond acceptors (Lipinski definition) is 5. The number of amides is 1. The monoisotopic (exact) mass is 446 g/mol. The molecule has 154 valence electrons. The lowest BCUT2D eigenvalue weighted by atomic mass is 10.2. The molecule has 1 aromatic carbocycles. The standard InChI is InChI=1S/C18H22N4O3S.2ClH/c19-16-7-11-22(13-16)26(24,25)17-3-1-2-15(12-17)18(23)21-10-6-14-4-8-20-9-5-14;;/h1-5,8-9,12,16H,6-7,10-11,13,19H2,(H,21,23);2*1H. The van der Waals surface area contributed by atoms with Gasteiger partial charge < -0.3 is 11.1 Å². The maximum Gasteiger partial charge on any atom is 0.251 e. The lowest BCUT2D eigenvalue weighted by molar-refractivity contribution is 0.0954. The zero-order valence-corrected chi connectivity index (χ0v) is 17.6. The minimum absolute atomic E-state index is 0. The fourth-order valence-electron chi connectivity index (χ4n) is 2.89. The van der Waals surface area contributed by atoms with Gasteiger partial charge in [-0.2, -0.15) is 4.31 Å². The summed E-state index contributed by atoms with van der Waals surface area (Å²) in [6.07, 6.45) is 4.73. The van der Waals surface area contributed by atoms with Gasteiger partial charge in [0.25, 0.3) is 5.91 Å². The van der Waals surface area contributed by atoms with Gasteiger partial charge in [0.1, 0.15) is 0 Å². The molecule has 1 atom stereocenters. The molecule has 3 N–H and O–H groups in total. The van der Waals surface area contributed by atoms with Gasteiger partial charge in [-0.15, -0.1) is 24.8 Å². The molecule has 1 fully saturated rings. The van der Waals surface area contributed by atoms with Crippen LogP contribution < -0.4 is 11.1 Å². The smallest absolute Gasteiger partial charge is 0.251 e. The van der Waals surface area contributed by atoms with E-state index in [1.807, 2.05) is 12.1 Å². The Morgan fingerprint density at radius 1 is 1.21 bits per heavy atom. The highest BCUT2D eigenvalue weighted by Crippen LogP contribution is 2.21. The molecule has 28 heavy (non-hydrogen) atoms. The number of sulfonamides is 1. The Kier molecular flexibility index (Phi) is 9.32. The normalized spacial score (nSPS) is 16.7. The molecule has 0 aliphatic carbocycles. The Labute approximate surface area is 177 Å². The molecule has 1 amide bonds. The topological polar surface area (TPSA) is 105 Å². The van der Waals surface area contributed by atoms with Gasteiger partial charge in [0.15, 0.2) is 0 Å². The molecule has 0 spiro atoms. The van der Waals surface area contributed by atoms with E-state index in [9.17, 15) is 13.2 Å². The first-order chi connectivity index (χ1) is 12.5. The molecule has 1 aliphatic heterocycles. The Bertz CT molecular complexity index is 881. The van der Waals surface area contributed by atoms with Crippen molar-refractivity contribution in [3.05, 3.63) is 59.9 Å². The number of aromatic nitrogens is 1.